The summed E-state index contributed by atoms with van der Waals surface area (Å²) < 4.78 is 30.0. The third-order valence-corrected chi connectivity index (χ3v) is 3.59. The minimum atomic E-state index is -3.34. The van der Waals surface area contributed by atoms with Crippen LogP contribution in [0.3, 0.4) is 0 Å². The molecule has 108 valence electrons. The fraction of sp³-hybridized carbons (Fsp3) is 0.231. The number of anilines is 2. The lowest BCUT2D eigenvalue weighted by atomic mass is 10.2. The van der Waals surface area contributed by atoms with E-state index in [9.17, 15) is 8.42 Å². The van der Waals surface area contributed by atoms with Crippen molar-refractivity contribution in [3.05, 3.63) is 46.9 Å². The summed E-state index contributed by atoms with van der Waals surface area (Å²) in [5, 5.41) is 3.49. The van der Waals surface area contributed by atoms with Crippen molar-refractivity contribution in [3.8, 4) is 0 Å². The maximum atomic E-state index is 11.2. The minimum absolute atomic E-state index is 0.330. The van der Waals surface area contributed by atoms with Gasteiger partial charge < -0.3 is 9.73 Å². The van der Waals surface area contributed by atoms with Crippen LogP contribution in [0.4, 0.5) is 11.4 Å². The average Bonchev–Trinajstić information content (AvgIpc) is 2.74. The number of benzene rings is 1. The standard InChI is InChI=1S/C13H15ClN2O3S/c1-9-5-6-19-13(9)8-15-10-3-4-12(11(14)7-10)16-20(2,17)18/h3-7,15-16H,8H2,1-2H3. The molecule has 20 heavy (non-hydrogen) atoms. The van der Waals surface area contributed by atoms with Crippen LogP contribution in [0.25, 0.3) is 0 Å². The third-order valence-electron chi connectivity index (χ3n) is 2.69. The molecule has 0 aliphatic heterocycles. The van der Waals surface area contributed by atoms with Crippen molar-refractivity contribution in [1.29, 1.82) is 0 Å². The van der Waals surface area contributed by atoms with Crippen LogP contribution in [-0.4, -0.2) is 14.7 Å². The first kappa shape index (κ1) is 14.7. The van der Waals surface area contributed by atoms with E-state index in [4.69, 9.17) is 16.0 Å². The second-order valence-electron chi connectivity index (χ2n) is 4.45. The largest absolute Gasteiger partial charge is 0.467 e. The lowest BCUT2D eigenvalue weighted by Gasteiger charge is -2.10. The van der Waals surface area contributed by atoms with E-state index in [1.807, 2.05) is 13.0 Å². The van der Waals surface area contributed by atoms with E-state index >= 15 is 0 Å². The fourth-order valence-corrected chi connectivity index (χ4v) is 2.54. The zero-order valence-electron chi connectivity index (χ0n) is 11.1. The minimum Gasteiger partial charge on any atom is -0.467 e. The molecule has 0 aliphatic rings. The third kappa shape index (κ3) is 3.91. The number of rotatable bonds is 5. The molecule has 0 atom stereocenters. The molecule has 0 unspecified atom stereocenters. The zero-order valence-corrected chi connectivity index (χ0v) is 12.7. The quantitative estimate of drug-likeness (QED) is 0.889. The predicted molar refractivity (Wildman–Crippen MR) is 80.7 cm³/mol. The van der Waals surface area contributed by atoms with E-state index in [0.29, 0.717) is 17.3 Å². The van der Waals surface area contributed by atoms with Gasteiger partial charge in [-0.3, -0.25) is 4.72 Å². The first-order valence-electron chi connectivity index (χ1n) is 5.89. The lowest BCUT2D eigenvalue weighted by molar-refractivity contribution is 0.515. The summed E-state index contributed by atoms with van der Waals surface area (Å²) in [7, 11) is -3.34. The van der Waals surface area contributed by atoms with Crippen LogP contribution >= 0.6 is 11.6 Å². The van der Waals surface area contributed by atoms with Crippen molar-refractivity contribution < 1.29 is 12.8 Å². The van der Waals surface area contributed by atoms with Gasteiger partial charge in [-0.25, -0.2) is 8.42 Å². The molecule has 2 N–H and O–H groups in total. The Bertz CT molecular complexity index is 710. The SMILES string of the molecule is Cc1ccoc1CNc1ccc(NS(C)(=O)=O)c(Cl)c1. The topological polar surface area (TPSA) is 71.3 Å². The maximum absolute atomic E-state index is 11.2. The molecule has 1 heterocycles. The number of sulfonamides is 1. The Labute approximate surface area is 123 Å². The van der Waals surface area contributed by atoms with Crippen LogP contribution < -0.4 is 10.0 Å². The highest BCUT2D eigenvalue weighted by Crippen LogP contribution is 2.26. The molecule has 1 aromatic heterocycles. The Hall–Kier alpha value is -1.66. The highest BCUT2D eigenvalue weighted by Gasteiger charge is 2.07. The Morgan fingerprint density at radius 1 is 1.30 bits per heavy atom. The summed E-state index contributed by atoms with van der Waals surface area (Å²) in [6.07, 6.45) is 2.72. The van der Waals surface area contributed by atoms with E-state index in [-0.39, 0.29) is 0 Å². The van der Waals surface area contributed by atoms with Crippen molar-refractivity contribution in [1.82, 2.24) is 0 Å². The highest BCUT2D eigenvalue weighted by molar-refractivity contribution is 7.92. The van der Waals surface area contributed by atoms with Crippen LogP contribution in [-0.2, 0) is 16.6 Å². The monoisotopic (exact) mass is 314 g/mol. The van der Waals surface area contributed by atoms with Crippen molar-refractivity contribution in [2.45, 2.75) is 13.5 Å². The van der Waals surface area contributed by atoms with Gasteiger partial charge in [-0.15, -0.1) is 0 Å². The average molecular weight is 315 g/mol. The van der Waals surface area contributed by atoms with Gasteiger partial charge in [0.05, 0.1) is 29.8 Å². The summed E-state index contributed by atoms with van der Waals surface area (Å²) in [6.45, 7) is 2.50. The summed E-state index contributed by atoms with van der Waals surface area (Å²) in [5.41, 5.74) is 2.21. The van der Waals surface area contributed by atoms with Crippen LogP contribution in [0, 0.1) is 6.92 Å². The summed E-state index contributed by atoms with van der Waals surface area (Å²) >= 11 is 6.04. The molecule has 0 radical (unpaired) electrons. The van der Waals surface area contributed by atoms with Gasteiger partial charge >= 0.3 is 0 Å². The number of hydrogen-bond donors (Lipinski definition) is 2. The molecule has 0 saturated carbocycles. The lowest BCUT2D eigenvalue weighted by Crippen LogP contribution is -2.10. The van der Waals surface area contributed by atoms with Gasteiger partial charge in [0, 0.05) is 5.69 Å². The summed E-state index contributed by atoms with van der Waals surface area (Å²) in [4.78, 5) is 0. The number of furan rings is 1. The van der Waals surface area contributed by atoms with Gasteiger partial charge in [0.15, 0.2) is 0 Å². The molecule has 0 aliphatic carbocycles. The van der Waals surface area contributed by atoms with Gasteiger partial charge in [0.25, 0.3) is 0 Å². The molecule has 0 fully saturated rings. The number of aryl methyl sites for hydroxylation is 1. The molecule has 7 heteroatoms. The van der Waals surface area contributed by atoms with Crippen molar-refractivity contribution in [2.75, 3.05) is 16.3 Å². The summed E-state index contributed by atoms with van der Waals surface area (Å²) in [5.74, 6) is 0.847. The van der Waals surface area contributed by atoms with Crippen LogP contribution in [0.2, 0.25) is 5.02 Å². The molecule has 5 nitrogen and oxygen atoms in total. The Kier molecular flexibility index (Phi) is 4.25. The zero-order chi connectivity index (χ0) is 14.8. The Morgan fingerprint density at radius 2 is 2.05 bits per heavy atom. The molecule has 0 saturated heterocycles. The number of nitrogens with one attached hydrogen (secondary N) is 2. The van der Waals surface area contributed by atoms with E-state index in [2.05, 4.69) is 10.0 Å². The molecule has 0 bridgehead atoms. The van der Waals surface area contributed by atoms with Gasteiger partial charge in [0.2, 0.25) is 10.0 Å². The predicted octanol–water partition coefficient (Wildman–Crippen LogP) is 3.23. The van der Waals surface area contributed by atoms with E-state index in [0.717, 1.165) is 23.3 Å². The van der Waals surface area contributed by atoms with Gasteiger partial charge in [-0.05, 0) is 36.8 Å². The normalized spacial score (nSPS) is 11.3. The van der Waals surface area contributed by atoms with Crippen molar-refractivity contribution in [3.63, 3.8) is 0 Å². The number of halogens is 1. The molecule has 2 aromatic rings. The molecule has 0 amide bonds. The first-order chi connectivity index (χ1) is 9.35. The van der Waals surface area contributed by atoms with E-state index in [1.165, 1.54) is 0 Å². The van der Waals surface area contributed by atoms with Crippen molar-refractivity contribution >= 4 is 33.0 Å². The second kappa shape index (κ2) is 5.76. The van der Waals surface area contributed by atoms with E-state index < -0.39 is 10.0 Å². The van der Waals surface area contributed by atoms with Crippen LogP contribution in [0.15, 0.2) is 34.9 Å². The first-order valence-corrected chi connectivity index (χ1v) is 8.16. The molecule has 2 rings (SSSR count). The number of hydrogen-bond acceptors (Lipinski definition) is 4. The Balaban J connectivity index is 2.07. The smallest absolute Gasteiger partial charge is 0.229 e. The van der Waals surface area contributed by atoms with Gasteiger partial charge in [-0.2, -0.15) is 0 Å². The van der Waals surface area contributed by atoms with Crippen molar-refractivity contribution in [2.24, 2.45) is 0 Å². The molecular formula is C13H15ClN2O3S. The molecule has 1 aromatic carbocycles. The summed E-state index contributed by atoms with van der Waals surface area (Å²) in [6, 6.07) is 6.91. The Morgan fingerprint density at radius 3 is 2.60 bits per heavy atom. The van der Waals surface area contributed by atoms with E-state index in [1.54, 1.807) is 24.5 Å². The fourth-order valence-electron chi connectivity index (χ4n) is 1.68. The van der Waals surface area contributed by atoms with Gasteiger partial charge in [-0.1, -0.05) is 11.6 Å². The molecular weight excluding hydrogens is 300 g/mol. The maximum Gasteiger partial charge on any atom is 0.229 e. The van der Waals surface area contributed by atoms with Gasteiger partial charge in [0.1, 0.15) is 5.76 Å². The van der Waals surface area contributed by atoms with Crippen LogP contribution in [0.1, 0.15) is 11.3 Å². The van der Waals surface area contributed by atoms with Crippen LogP contribution in [0.5, 0.6) is 0 Å². The molecule has 0 spiro atoms. The second-order valence-corrected chi connectivity index (χ2v) is 6.60. The highest BCUT2D eigenvalue weighted by atomic mass is 35.5.